The van der Waals surface area contributed by atoms with E-state index in [0.717, 1.165) is 23.4 Å². The number of ether oxygens (including phenoxy) is 1. The van der Waals surface area contributed by atoms with E-state index < -0.39 is 10.0 Å². The highest BCUT2D eigenvalue weighted by Gasteiger charge is 2.35. The molecular formula is C27H31N3O5S. The van der Waals surface area contributed by atoms with Crippen molar-refractivity contribution in [1.29, 1.82) is 0 Å². The second-order valence-corrected chi connectivity index (χ2v) is 10.7. The number of nitrogens with zero attached hydrogens (tertiary/aromatic N) is 2. The van der Waals surface area contributed by atoms with Crippen LogP contribution in [0.25, 0.3) is 12.2 Å². The Hall–Kier alpha value is -3.43. The van der Waals surface area contributed by atoms with Crippen LogP contribution in [0, 0.1) is 12.8 Å². The smallest absolute Gasteiger partial charge is 0.248 e. The van der Waals surface area contributed by atoms with E-state index in [1.807, 2.05) is 48.5 Å². The molecule has 190 valence electrons. The molecule has 1 amide bonds. The number of rotatable bonds is 8. The van der Waals surface area contributed by atoms with Gasteiger partial charge in [-0.1, -0.05) is 42.4 Å². The largest absolute Gasteiger partial charge is 0.497 e. The molecule has 1 saturated heterocycles. The second-order valence-electron chi connectivity index (χ2n) is 8.79. The number of piperidine rings is 1. The van der Waals surface area contributed by atoms with Crippen LogP contribution < -0.4 is 10.1 Å². The summed E-state index contributed by atoms with van der Waals surface area (Å²) in [6.45, 7) is 4.20. The van der Waals surface area contributed by atoms with Gasteiger partial charge in [0.1, 0.15) is 11.4 Å². The van der Waals surface area contributed by atoms with Crippen molar-refractivity contribution in [3.8, 4) is 5.75 Å². The molecule has 1 aliphatic rings. The van der Waals surface area contributed by atoms with Crippen LogP contribution >= 0.6 is 0 Å². The summed E-state index contributed by atoms with van der Waals surface area (Å²) in [5.74, 6) is 0.581. The number of nitrogens with one attached hydrogen (secondary N) is 1. The van der Waals surface area contributed by atoms with Crippen molar-refractivity contribution in [2.45, 2.75) is 38.0 Å². The number of aryl methyl sites for hydroxylation is 2. The monoisotopic (exact) mass is 509 g/mol. The maximum absolute atomic E-state index is 13.5. The predicted molar refractivity (Wildman–Crippen MR) is 139 cm³/mol. The highest BCUT2D eigenvalue weighted by molar-refractivity contribution is 7.89. The van der Waals surface area contributed by atoms with Crippen LogP contribution in [0.5, 0.6) is 5.75 Å². The Morgan fingerprint density at radius 3 is 2.39 bits per heavy atom. The molecule has 3 aromatic rings. The van der Waals surface area contributed by atoms with Gasteiger partial charge in [0.2, 0.25) is 15.9 Å². The highest BCUT2D eigenvalue weighted by atomic mass is 32.2. The van der Waals surface area contributed by atoms with Gasteiger partial charge in [0, 0.05) is 24.7 Å². The number of amides is 1. The fraction of sp³-hybridized carbons (Fsp3) is 0.333. The Morgan fingerprint density at radius 2 is 1.78 bits per heavy atom. The number of aromatic nitrogens is 1. The normalized spacial score (nSPS) is 15.3. The summed E-state index contributed by atoms with van der Waals surface area (Å²) in [6.07, 6.45) is 5.20. The summed E-state index contributed by atoms with van der Waals surface area (Å²) in [7, 11) is -2.24. The van der Waals surface area contributed by atoms with Gasteiger partial charge < -0.3 is 14.6 Å². The highest BCUT2D eigenvalue weighted by Crippen LogP contribution is 2.30. The quantitative estimate of drug-likeness (QED) is 0.470. The van der Waals surface area contributed by atoms with Gasteiger partial charge in [0.15, 0.2) is 10.7 Å². The molecule has 0 radical (unpaired) electrons. The number of hydrogen-bond acceptors (Lipinski definition) is 6. The van der Waals surface area contributed by atoms with Crippen LogP contribution in [0.4, 0.5) is 5.69 Å². The Kier molecular flexibility index (Phi) is 7.91. The van der Waals surface area contributed by atoms with E-state index in [1.54, 1.807) is 26.2 Å². The van der Waals surface area contributed by atoms with Gasteiger partial charge in [-0.2, -0.15) is 4.31 Å². The van der Waals surface area contributed by atoms with Crippen LogP contribution in [0.3, 0.4) is 0 Å². The Balaban J connectivity index is 1.42. The minimum Gasteiger partial charge on any atom is -0.497 e. The van der Waals surface area contributed by atoms with E-state index in [-0.39, 0.29) is 35.6 Å². The molecule has 0 bridgehead atoms. The summed E-state index contributed by atoms with van der Waals surface area (Å²) >= 11 is 0. The summed E-state index contributed by atoms with van der Waals surface area (Å²) in [5.41, 5.74) is 3.12. The lowest BCUT2D eigenvalue weighted by Crippen LogP contribution is -2.41. The van der Waals surface area contributed by atoms with E-state index in [0.29, 0.717) is 18.5 Å². The minimum atomic E-state index is -3.84. The summed E-state index contributed by atoms with van der Waals surface area (Å²) in [4.78, 5) is 12.8. The molecule has 1 aliphatic heterocycles. The molecule has 0 atom stereocenters. The molecular weight excluding hydrogens is 478 g/mol. The fourth-order valence-electron chi connectivity index (χ4n) is 4.24. The number of hydrogen-bond donors (Lipinski definition) is 1. The molecule has 1 fully saturated rings. The topological polar surface area (TPSA) is 102 Å². The number of carbonyl (C=O) groups is 1. The zero-order valence-electron chi connectivity index (χ0n) is 20.7. The zero-order valence-corrected chi connectivity index (χ0v) is 21.5. The van der Waals surface area contributed by atoms with Crippen molar-refractivity contribution >= 4 is 33.8 Å². The third-order valence-electron chi connectivity index (χ3n) is 6.43. The van der Waals surface area contributed by atoms with Crippen molar-refractivity contribution in [1.82, 2.24) is 9.46 Å². The average Bonchev–Trinajstić information content (AvgIpc) is 3.29. The number of sulfonamides is 1. The maximum atomic E-state index is 13.5. The molecule has 36 heavy (non-hydrogen) atoms. The van der Waals surface area contributed by atoms with E-state index in [2.05, 4.69) is 17.4 Å². The van der Waals surface area contributed by atoms with Crippen molar-refractivity contribution in [3.63, 3.8) is 0 Å². The van der Waals surface area contributed by atoms with E-state index in [9.17, 15) is 13.2 Å². The average molecular weight is 510 g/mol. The molecule has 0 unspecified atom stereocenters. The van der Waals surface area contributed by atoms with E-state index in [4.69, 9.17) is 9.26 Å². The first-order chi connectivity index (χ1) is 17.3. The Morgan fingerprint density at radius 1 is 1.11 bits per heavy atom. The lowest BCUT2D eigenvalue weighted by atomic mass is 9.97. The van der Waals surface area contributed by atoms with Crippen LogP contribution in [0.15, 0.2) is 57.9 Å². The summed E-state index contributed by atoms with van der Waals surface area (Å²) in [6, 6.07) is 15.1. The first-order valence-electron chi connectivity index (χ1n) is 12.0. The Labute approximate surface area is 212 Å². The lowest BCUT2D eigenvalue weighted by Gasteiger charge is -2.30. The molecule has 4 rings (SSSR count). The minimum absolute atomic E-state index is 0.0613. The zero-order chi connectivity index (χ0) is 25.7. The third-order valence-corrected chi connectivity index (χ3v) is 8.49. The van der Waals surface area contributed by atoms with Gasteiger partial charge in [-0.25, -0.2) is 8.42 Å². The van der Waals surface area contributed by atoms with Gasteiger partial charge >= 0.3 is 0 Å². The van der Waals surface area contributed by atoms with Gasteiger partial charge in [-0.05, 0) is 67.7 Å². The lowest BCUT2D eigenvalue weighted by molar-refractivity contribution is -0.120. The standard InChI is InChI=1S/C27H31N3O5S/c1-4-20-5-10-23(11-6-20)28-27(31)22-15-17-30(18-16-22)36(32,33)26-19(2)29-35-25(26)14-9-21-7-12-24(34-3)13-8-21/h5-14,22H,4,15-18H2,1-3H3,(H,28,31)/b14-9-. The van der Waals surface area contributed by atoms with Gasteiger partial charge in [0.25, 0.3) is 0 Å². The maximum Gasteiger partial charge on any atom is 0.248 e. The van der Waals surface area contributed by atoms with Crippen LogP contribution in [0.2, 0.25) is 0 Å². The molecule has 1 N–H and O–H groups in total. The van der Waals surface area contributed by atoms with E-state index in [1.165, 1.54) is 9.87 Å². The second kappa shape index (κ2) is 11.1. The number of carbonyl (C=O) groups excluding carboxylic acids is 1. The van der Waals surface area contributed by atoms with Gasteiger partial charge in [0.05, 0.1) is 7.11 Å². The third kappa shape index (κ3) is 5.68. The van der Waals surface area contributed by atoms with Crippen molar-refractivity contribution in [3.05, 3.63) is 71.1 Å². The molecule has 9 heteroatoms. The number of anilines is 1. The fourth-order valence-corrected chi connectivity index (χ4v) is 5.96. The van der Waals surface area contributed by atoms with Crippen molar-refractivity contribution < 1.29 is 22.5 Å². The molecule has 0 saturated carbocycles. The summed E-state index contributed by atoms with van der Waals surface area (Å²) in [5, 5.41) is 6.86. The molecule has 0 spiro atoms. The first-order valence-corrected chi connectivity index (χ1v) is 13.4. The molecule has 1 aromatic heterocycles. The van der Waals surface area contributed by atoms with Crippen LogP contribution in [-0.2, 0) is 21.2 Å². The molecule has 2 heterocycles. The summed E-state index contributed by atoms with van der Waals surface area (Å²) < 4.78 is 38.9. The number of methoxy groups -OCH3 is 1. The van der Waals surface area contributed by atoms with Crippen LogP contribution in [-0.4, -0.2) is 44.0 Å². The van der Waals surface area contributed by atoms with Crippen LogP contribution in [0.1, 0.15) is 42.3 Å². The van der Waals surface area contributed by atoms with Gasteiger partial charge in [-0.3, -0.25) is 4.79 Å². The van der Waals surface area contributed by atoms with Crippen molar-refractivity contribution in [2.75, 3.05) is 25.5 Å². The SMILES string of the molecule is CCc1ccc(NC(=O)C2CCN(S(=O)(=O)c3c(C)noc3/C=C\c3ccc(OC)cc3)CC2)cc1. The number of benzene rings is 2. The predicted octanol–water partition coefficient (Wildman–Crippen LogP) is 4.76. The Bertz CT molecular complexity index is 1320. The molecule has 0 aliphatic carbocycles. The van der Waals surface area contributed by atoms with Gasteiger partial charge in [-0.15, -0.1) is 0 Å². The van der Waals surface area contributed by atoms with E-state index >= 15 is 0 Å². The molecule has 8 nitrogen and oxygen atoms in total. The first kappa shape index (κ1) is 25.7. The van der Waals surface area contributed by atoms with Crippen molar-refractivity contribution in [2.24, 2.45) is 5.92 Å². The molecule has 2 aromatic carbocycles.